The molecule has 6 nitrogen and oxygen atoms in total. The minimum absolute atomic E-state index is 0.283. The first-order chi connectivity index (χ1) is 9.67. The maximum Gasteiger partial charge on any atom is 0.356 e. The number of hydrogen-bond acceptors (Lipinski definition) is 6. The summed E-state index contributed by atoms with van der Waals surface area (Å²) in [7, 11) is 1.35. The van der Waals surface area contributed by atoms with Crippen molar-refractivity contribution in [3.63, 3.8) is 0 Å². The number of esters is 1. The molecule has 0 radical (unpaired) electrons. The second-order valence-corrected chi connectivity index (χ2v) is 5.51. The van der Waals surface area contributed by atoms with Crippen molar-refractivity contribution in [2.45, 2.75) is 18.9 Å². The summed E-state index contributed by atoms with van der Waals surface area (Å²) in [5, 5.41) is 3.41. The Morgan fingerprint density at radius 1 is 1.45 bits per heavy atom. The molecule has 3 fully saturated rings. The van der Waals surface area contributed by atoms with E-state index in [1.165, 1.54) is 33.0 Å². The first-order valence-corrected chi connectivity index (χ1v) is 7.01. The summed E-state index contributed by atoms with van der Waals surface area (Å²) in [6, 6.07) is 3.64. The first-order valence-electron chi connectivity index (χ1n) is 7.01. The number of anilines is 2. The molecule has 20 heavy (non-hydrogen) atoms. The molecule has 3 N–H and O–H groups in total. The lowest BCUT2D eigenvalue weighted by atomic mass is 9.84. The molecule has 108 valence electrons. The summed E-state index contributed by atoms with van der Waals surface area (Å²) in [5.41, 5.74) is 6.80. The number of nitrogen functional groups attached to an aromatic ring is 1. The van der Waals surface area contributed by atoms with E-state index < -0.39 is 5.97 Å². The normalized spacial score (nSPS) is 28.1. The highest BCUT2D eigenvalue weighted by Crippen LogP contribution is 2.30. The number of pyridine rings is 1. The maximum absolute atomic E-state index is 11.5. The quantitative estimate of drug-likeness (QED) is 0.800. The lowest BCUT2D eigenvalue weighted by Gasteiger charge is -2.45. The summed E-state index contributed by atoms with van der Waals surface area (Å²) in [6.07, 6.45) is 2.43. The van der Waals surface area contributed by atoms with Crippen molar-refractivity contribution in [2.24, 2.45) is 5.92 Å². The topological polar surface area (TPSA) is 80.5 Å². The van der Waals surface area contributed by atoms with E-state index in [1.807, 2.05) is 0 Å². The predicted molar refractivity (Wildman–Crippen MR) is 76.6 cm³/mol. The van der Waals surface area contributed by atoms with Crippen LogP contribution >= 0.6 is 0 Å². The first kappa shape index (κ1) is 13.2. The van der Waals surface area contributed by atoms with Gasteiger partial charge in [0.15, 0.2) is 5.69 Å². The smallest absolute Gasteiger partial charge is 0.356 e. The lowest BCUT2D eigenvalue weighted by Crippen LogP contribution is -2.53. The lowest BCUT2D eigenvalue weighted by molar-refractivity contribution is 0.0594. The number of ether oxygens (including phenoxy) is 1. The van der Waals surface area contributed by atoms with Gasteiger partial charge in [0.25, 0.3) is 0 Å². The average Bonchev–Trinajstić information content (AvgIpc) is 2.50. The van der Waals surface area contributed by atoms with Crippen molar-refractivity contribution in [1.29, 1.82) is 0 Å². The molecule has 1 aromatic heterocycles. The molecule has 0 aliphatic carbocycles. The fraction of sp³-hybridized carbons (Fsp3) is 0.571. The van der Waals surface area contributed by atoms with Crippen molar-refractivity contribution in [1.82, 2.24) is 9.88 Å². The molecular formula is C14H20N4O2. The van der Waals surface area contributed by atoms with Crippen LogP contribution in [0.1, 0.15) is 23.3 Å². The van der Waals surface area contributed by atoms with E-state index in [-0.39, 0.29) is 5.69 Å². The molecule has 0 saturated carbocycles. The second kappa shape index (κ2) is 5.28. The second-order valence-electron chi connectivity index (χ2n) is 5.51. The van der Waals surface area contributed by atoms with Crippen LogP contribution in [0.4, 0.5) is 11.5 Å². The van der Waals surface area contributed by atoms with Gasteiger partial charge in [-0.25, -0.2) is 9.78 Å². The number of piperidine rings is 3. The molecular weight excluding hydrogens is 256 g/mol. The Morgan fingerprint density at radius 3 is 2.80 bits per heavy atom. The molecule has 6 heteroatoms. The highest BCUT2D eigenvalue weighted by molar-refractivity contribution is 5.88. The molecule has 4 heterocycles. The maximum atomic E-state index is 11.5. The van der Waals surface area contributed by atoms with Gasteiger partial charge in [-0.05, 0) is 44.0 Å². The predicted octanol–water partition coefficient (Wildman–Crippen LogP) is 0.956. The Morgan fingerprint density at radius 2 is 2.20 bits per heavy atom. The summed E-state index contributed by atoms with van der Waals surface area (Å²) in [6.45, 7) is 3.40. The zero-order valence-electron chi connectivity index (χ0n) is 11.6. The molecule has 2 bridgehead atoms. The number of carbonyl (C=O) groups excluding carboxylic acids is 1. The molecule has 3 aliphatic heterocycles. The molecule has 1 unspecified atom stereocenters. The van der Waals surface area contributed by atoms with E-state index in [9.17, 15) is 4.79 Å². The van der Waals surface area contributed by atoms with Crippen LogP contribution in [0.15, 0.2) is 12.1 Å². The fourth-order valence-electron chi connectivity index (χ4n) is 3.11. The molecule has 0 aromatic carbocycles. The van der Waals surface area contributed by atoms with Gasteiger partial charge in [0.1, 0.15) is 5.82 Å². The van der Waals surface area contributed by atoms with Crippen molar-refractivity contribution in [3.05, 3.63) is 17.8 Å². The highest BCUT2D eigenvalue weighted by atomic mass is 16.5. The number of hydrogen-bond donors (Lipinski definition) is 2. The zero-order valence-corrected chi connectivity index (χ0v) is 11.6. The number of carbonyl (C=O) groups is 1. The SMILES string of the molecule is COC(=O)c1ccc(N)c(NC2CN3CCC2CC3)n1. The molecule has 3 saturated heterocycles. The summed E-state index contributed by atoms with van der Waals surface area (Å²) in [5.74, 6) is 0.816. The van der Waals surface area contributed by atoms with Crippen LogP contribution in [0, 0.1) is 5.92 Å². The van der Waals surface area contributed by atoms with Crippen LogP contribution in [0.25, 0.3) is 0 Å². The summed E-state index contributed by atoms with van der Waals surface area (Å²) >= 11 is 0. The fourth-order valence-corrected chi connectivity index (χ4v) is 3.11. The van der Waals surface area contributed by atoms with Gasteiger partial charge in [0, 0.05) is 12.6 Å². The molecule has 3 aliphatic rings. The van der Waals surface area contributed by atoms with E-state index in [4.69, 9.17) is 10.5 Å². The van der Waals surface area contributed by atoms with Crippen molar-refractivity contribution in [2.75, 3.05) is 37.8 Å². The number of rotatable bonds is 3. The van der Waals surface area contributed by atoms with Gasteiger partial charge in [0.05, 0.1) is 12.8 Å². The van der Waals surface area contributed by atoms with Crippen molar-refractivity contribution >= 4 is 17.5 Å². The van der Waals surface area contributed by atoms with E-state index in [0.29, 0.717) is 23.5 Å². The highest BCUT2D eigenvalue weighted by Gasteiger charge is 2.34. The van der Waals surface area contributed by atoms with Gasteiger partial charge in [-0.3, -0.25) is 0 Å². The zero-order chi connectivity index (χ0) is 14.1. The number of fused-ring (bicyclic) bond motifs is 3. The Labute approximate surface area is 118 Å². The molecule has 0 spiro atoms. The number of nitrogens with one attached hydrogen (secondary N) is 1. The van der Waals surface area contributed by atoms with Gasteiger partial charge in [0.2, 0.25) is 0 Å². The van der Waals surface area contributed by atoms with Gasteiger partial charge in [-0.1, -0.05) is 0 Å². The number of aromatic nitrogens is 1. The number of methoxy groups -OCH3 is 1. The minimum atomic E-state index is -0.443. The minimum Gasteiger partial charge on any atom is -0.464 e. The van der Waals surface area contributed by atoms with Crippen LogP contribution < -0.4 is 11.1 Å². The Kier molecular flexibility index (Phi) is 3.48. The number of nitrogens with zero attached hydrogens (tertiary/aromatic N) is 2. The third kappa shape index (κ3) is 2.43. The van der Waals surface area contributed by atoms with Crippen molar-refractivity contribution < 1.29 is 9.53 Å². The molecule has 4 rings (SSSR count). The monoisotopic (exact) mass is 276 g/mol. The van der Waals surface area contributed by atoms with Gasteiger partial charge in [-0.2, -0.15) is 0 Å². The van der Waals surface area contributed by atoms with Crippen molar-refractivity contribution in [3.8, 4) is 0 Å². The van der Waals surface area contributed by atoms with Gasteiger partial charge < -0.3 is 20.7 Å². The van der Waals surface area contributed by atoms with Crippen LogP contribution in [0.2, 0.25) is 0 Å². The Balaban J connectivity index is 1.78. The molecule has 0 amide bonds. The third-order valence-corrected chi connectivity index (χ3v) is 4.30. The Hall–Kier alpha value is -1.82. The van der Waals surface area contributed by atoms with E-state index in [0.717, 1.165) is 6.54 Å². The largest absolute Gasteiger partial charge is 0.464 e. The third-order valence-electron chi connectivity index (χ3n) is 4.30. The molecule has 1 atom stereocenters. The molecule has 1 aromatic rings. The van der Waals surface area contributed by atoms with Gasteiger partial charge >= 0.3 is 5.97 Å². The van der Waals surface area contributed by atoms with E-state index >= 15 is 0 Å². The summed E-state index contributed by atoms with van der Waals surface area (Å²) < 4.78 is 4.69. The van der Waals surface area contributed by atoms with E-state index in [2.05, 4.69) is 15.2 Å². The number of nitrogens with two attached hydrogens (primary N) is 1. The average molecular weight is 276 g/mol. The van der Waals surface area contributed by atoms with Crippen LogP contribution in [0.3, 0.4) is 0 Å². The van der Waals surface area contributed by atoms with Gasteiger partial charge in [-0.15, -0.1) is 0 Å². The standard InChI is InChI=1S/C14H20N4O2/c1-20-14(19)11-3-2-10(15)13(16-11)17-12-8-18-6-4-9(12)5-7-18/h2-3,9,12H,4-8,15H2,1H3,(H,16,17). The van der Waals surface area contributed by atoms with Crippen LogP contribution in [0.5, 0.6) is 0 Å². The Bertz CT molecular complexity index is 512. The van der Waals surface area contributed by atoms with Crippen LogP contribution in [-0.2, 0) is 4.74 Å². The van der Waals surface area contributed by atoms with E-state index in [1.54, 1.807) is 12.1 Å². The van der Waals surface area contributed by atoms with Crippen LogP contribution in [-0.4, -0.2) is 48.6 Å². The summed E-state index contributed by atoms with van der Waals surface area (Å²) in [4.78, 5) is 18.3.